The van der Waals surface area contributed by atoms with Crippen LogP contribution in [0.1, 0.15) is 0 Å². The largest absolute Gasteiger partial charge is 0.508 e. The second-order valence-electron chi connectivity index (χ2n) is 7.91. The average molecular weight is 444 g/mol. The maximum Gasteiger partial charge on any atom is 0.204 e. The van der Waals surface area contributed by atoms with Gasteiger partial charge in [-0.15, -0.1) is 5.10 Å². The standard InChI is InChI=1S/C25H25N5OS/c31-23-13-11-20(12-14-23)24-26-29(25(32)30(24)22-9-5-2-6-10-22)19-27-15-17-28(18-16-27)21-7-3-1-4-8-21/h1-14,31H,15-19H2. The Balaban J connectivity index is 1.41. The van der Waals surface area contributed by atoms with E-state index in [9.17, 15) is 5.11 Å². The first-order chi connectivity index (χ1) is 15.7. The fourth-order valence-electron chi connectivity index (χ4n) is 4.08. The summed E-state index contributed by atoms with van der Waals surface area (Å²) in [5, 5.41) is 14.6. The van der Waals surface area contributed by atoms with Crippen molar-refractivity contribution >= 4 is 17.9 Å². The topological polar surface area (TPSA) is 49.5 Å². The lowest BCUT2D eigenvalue weighted by molar-refractivity contribution is 0.194. The molecule has 4 aromatic rings. The summed E-state index contributed by atoms with van der Waals surface area (Å²) >= 11 is 5.87. The molecule has 1 N–H and O–H groups in total. The fraction of sp³-hybridized carbons (Fsp3) is 0.200. The van der Waals surface area contributed by atoms with E-state index in [0.29, 0.717) is 11.4 Å². The number of anilines is 1. The van der Waals surface area contributed by atoms with E-state index in [1.807, 2.05) is 51.7 Å². The lowest BCUT2D eigenvalue weighted by Gasteiger charge is -2.35. The summed E-state index contributed by atoms with van der Waals surface area (Å²) < 4.78 is 4.56. The highest BCUT2D eigenvalue weighted by atomic mass is 32.1. The summed E-state index contributed by atoms with van der Waals surface area (Å²) in [6, 6.07) is 27.7. The summed E-state index contributed by atoms with van der Waals surface area (Å²) in [7, 11) is 0. The van der Waals surface area contributed by atoms with Crippen LogP contribution >= 0.6 is 12.2 Å². The molecular formula is C25H25N5OS. The molecule has 1 aliphatic rings. The van der Waals surface area contributed by atoms with Crippen molar-refractivity contribution in [1.29, 1.82) is 0 Å². The lowest BCUT2D eigenvalue weighted by Crippen LogP contribution is -2.47. The second-order valence-corrected chi connectivity index (χ2v) is 8.27. The number of para-hydroxylation sites is 2. The van der Waals surface area contributed by atoms with Gasteiger partial charge in [-0.2, -0.15) is 0 Å². The van der Waals surface area contributed by atoms with Gasteiger partial charge < -0.3 is 10.0 Å². The number of hydrogen-bond donors (Lipinski definition) is 1. The number of rotatable bonds is 5. The normalized spacial score (nSPS) is 14.6. The number of aromatic hydroxyl groups is 1. The van der Waals surface area contributed by atoms with Crippen LogP contribution in [0.15, 0.2) is 84.9 Å². The Kier molecular flexibility index (Phi) is 5.75. The minimum atomic E-state index is 0.231. The van der Waals surface area contributed by atoms with Crippen LogP contribution in [0.5, 0.6) is 5.75 Å². The Labute approximate surface area is 192 Å². The Morgan fingerprint density at radius 2 is 1.34 bits per heavy atom. The quantitative estimate of drug-likeness (QED) is 0.459. The molecule has 2 heterocycles. The molecule has 0 unspecified atom stereocenters. The molecule has 1 fully saturated rings. The number of piperazine rings is 1. The van der Waals surface area contributed by atoms with Crippen LogP contribution in [0.3, 0.4) is 0 Å². The van der Waals surface area contributed by atoms with Crippen LogP contribution in [0, 0.1) is 4.77 Å². The van der Waals surface area contributed by atoms with Crippen LogP contribution in [0.4, 0.5) is 5.69 Å². The molecular weight excluding hydrogens is 418 g/mol. The highest BCUT2D eigenvalue weighted by molar-refractivity contribution is 7.71. The predicted molar refractivity (Wildman–Crippen MR) is 130 cm³/mol. The number of aromatic nitrogens is 3. The fourth-order valence-corrected chi connectivity index (χ4v) is 4.37. The van der Waals surface area contributed by atoms with E-state index in [-0.39, 0.29) is 5.75 Å². The Bertz CT molecular complexity index is 1230. The first-order valence-corrected chi connectivity index (χ1v) is 11.2. The van der Waals surface area contributed by atoms with Crippen molar-refractivity contribution in [2.24, 2.45) is 0 Å². The van der Waals surface area contributed by atoms with E-state index in [1.165, 1.54) is 5.69 Å². The first kappa shape index (κ1) is 20.5. The second kappa shape index (κ2) is 8.98. The molecule has 5 rings (SSSR count). The van der Waals surface area contributed by atoms with E-state index in [4.69, 9.17) is 17.3 Å². The Hall–Kier alpha value is -3.42. The van der Waals surface area contributed by atoms with Crippen molar-refractivity contribution in [2.75, 3.05) is 31.1 Å². The van der Waals surface area contributed by atoms with Gasteiger partial charge in [0, 0.05) is 43.1 Å². The van der Waals surface area contributed by atoms with Crippen molar-refractivity contribution in [3.8, 4) is 22.8 Å². The van der Waals surface area contributed by atoms with Gasteiger partial charge in [-0.1, -0.05) is 36.4 Å². The summed E-state index contributed by atoms with van der Waals surface area (Å²) in [5.41, 5.74) is 3.15. The molecule has 1 aliphatic heterocycles. The van der Waals surface area contributed by atoms with Gasteiger partial charge in [-0.3, -0.25) is 9.47 Å². The van der Waals surface area contributed by atoms with Gasteiger partial charge in [0.05, 0.1) is 6.67 Å². The van der Waals surface area contributed by atoms with Crippen molar-refractivity contribution in [3.05, 3.63) is 89.7 Å². The van der Waals surface area contributed by atoms with Gasteiger partial charge in [0.1, 0.15) is 5.75 Å². The monoisotopic (exact) mass is 443 g/mol. The first-order valence-electron chi connectivity index (χ1n) is 10.8. The van der Waals surface area contributed by atoms with Gasteiger partial charge in [0.25, 0.3) is 0 Å². The number of benzene rings is 3. The van der Waals surface area contributed by atoms with E-state index >= 15 is 0 Å². The third kappa shape index (κ3) is 4.17. The van der Waals surface area contributed by atoms with Crippen LogP contribution in [0.2, 0.25) is 0 Å². The van der Waals surface area contributed by atoms with Crippen LogP contribution in [-0.4, -0.2) is 50.5 Å². The SMILES string of the molecule is Oc1ccc(-c2nn(CN3CCN(c4ccccc4)CC3)c(=S)n2-c2ccccc2)cc1. The maximum atomic E-state index is 9.71. The molecule has 1 aromatic heterocycles. The van der Waals surface area contributed by atoms with Gasteiger partial charge in [0.2, 0.25) is 4.77 Å². The minimum absolute atomic E-state index is 0.231. The number of nitrogens with zero attached hydrogens (tertiary/aromatic N) is 5. The zero-order chi connectivity index (χ0) is 21.9. The van der Waals surface area contributed by atoms with Crippen molar-refractivity contribution in [1.82, 2.24) is 19.2 Å². The zero-order valence-electron chi connectivity index (χ0n) is 17.7. The van der Waals surface area contributed by atoms with Gasteiger partial charge in [-0.25, -0.2) is 4.68 Å². The van der Waals surface area contributed by atoms with Crippen LogP contribution in [0.25, 0.3) is 17.1 Å². The zero-order valence-corrected chi connectivity index (χ0v) is 18.5. The molecule has 162 valence electrons. The summed E-state index contributed by atoms with van der Waals surface area (Å²) in [5.74, 6) is 0.999. The predicted octanol–water partition coefficient (Wildman–Crippen LogP) is 4.56. The molecule has 1 saturated heterocycles. The highest BCUT2D eigenvalue weighted by Gasteiger charge is 2.20. The summed E-state index contributed by atoms with van der Waals surface area (Å²) in [6.07, 6.45) is 0. The molecule has 0 spiro atoms. The molecule has 0 aliphatic carbocycles. The smallest absolute Gasteiger partial charge is 0.204 e. The van der Waals surface area contributed by atoms with Crippen molar-refractivity contribution in [3.63, 3.8) is 0 Å². The van der Waals surface area contributed by atoms with Crippen molar-refractivity contribution in [2.45, 2.75) is 6.67 Å². The minimum Gasteiger partial charge on any atom is -0.508 e. The Morgan fingerprint density at radius 3 is 1.97 bits per heavy atom. The third-order valence-electron chi connectivity index (χ3n) is 5.81. The van der Waals surface area contributed by atoms with Gasteiger partial charge in [0.15, 0.2) is 5.82 Å². The average Bonchev–Trinajstić information content (AvgIpc) is 3.17. The van der Waals surface area contributed by atoms with Crippen molar-refractivity contribution < 1.29 is 5.11 Å². The maximum absolute atomic E-state index is 9.71. The molecule has 0 atom stereocenters. The van der Waals surface area contributed by atoms with E-state index < -0.39 is 0 Å². The summed E-state index contributed by atoms with van der Waals surface area (Å²) in [4.78, 5) is 4.80. The van der Waals surface area contributed by atoms with E-state index in [1.54, 1.807) is 12.1 Å². The molecule has 0 amide bonds. The molecule has 32 heavy (non-hydrogen) atoms. The third-order valence-corrected chi connectivity index (χ3v) is 6.20. The number of hydrogen-bond acceptors (Lipinski definition) is 5. The van der Waals surface area contributed by atoms with Gasteiger partial charge >= 0.3 is 0 Å². The Morgan fingerprint density at radius 1 is 0.750 bits per heavy atom. The van der Waals surface area contributed by atoms with E-state index in [0.717, 1.165) is 43.3 Å². The summed E-state index contributed by atoms with van der Waals surface area (Å²) in [6.45, 7) is 4.49. The number of phenols is 1. The molecule has 0 radical (unpaired) electrons. The van der Waals surface area contributed by atoms with Crippen LogP contribution < -0.4 is 4.90 Å². The van der Waals surface area contributed by atoms with Gasteiger partial charge in [-0.05, 0) is 60.7 Å². The molecule has 0 saturated carbocycles. The molecule has 7 heteroatoms. The highest BCUT2D eigenvalue weighted by Crippen LogP contribution is 2.25. The van der Waals surface area contributed by atoms with E-state index in [2.05, 4.69) is 40.1 Å². The van der Waals surface area contributed by atoms with Crippen LogP contribution in [-0.2, 0) is 6.67 Å². The molecule has 0 bridgehead atoms. The lowest BCUT2D eigenvalue weighted by atomic mass is 10.2. The number of phenolic OH excluding ortho intramolecular Hbond substituents is 1. The molecule has 3 aromatic carbocycles. The molecule has 6 nitrogen and oxygen atoms in total.